The summed E-state index contributed by atoms with van der Waals surface area (Å²) in [6, 6.07) is 4.83. The van der Waals surface area contributed by atoms with E-state index in [0.29, 0.717) is 22.2 Å². The van der Waals surface area contributed by atoms with E-state index in [1.54, 1.807) is 18.2 Å². The van der Waals surface area contributed by atoms with Crippen LogP contribution in [-0.2, 0) is 0 Å². The minimum absolute atomic E-state index is 0.125. The van der Waals surface area contributed by atoms with E-state index < -0.39 is 0 Å². The van der Waals surface area contributed by atoms with Crippen molar-refractivity contribution < 1.29 is 4.79 Å². The van der Waals surface area contributed by atoms with Gasteiger partial charge in [-0.2, -0.15) is 0 Å². The van der Waals surface area contributed by atoms with Crippen LogP contribution in [0.5, 0.6) is 0 Å². The molecular formula is C9H8Cl2INO. The van der Waals surface area contributed by atoms with E-state index in [2.05, 4.69) is 27.9 Å². The van der Waals surface area contributed by atoms with E-state index in [0.717, 1.165) is 4.43 Å². The SMILES string of the molecule is O=C(NCCI)c1ccc(Cl)c(Cl)c1. The molecule has 0 heterocycles. The predicted octanol–water partition coefficient (Wildman–Crippen LogP) is 3.16. The van der Waals surface area contributed by atoms with Crippen LogP contribution in [0.3, 0.4) is 0 Å². The highest BCUT2D eigenvalue weighted by molar-refractivity contribution is 14.1. The molecular weight excluding hydrogens is 336 g/mol. The average Bonchev–Trinajstić information content (AvgIpc) is 2.18. The third-order valence-electron chi connectivity index (χ3n) is 1.56. The third kappa shape index (κ3) is 3.29. The lowest BCUT2D eigenvalue weighted by Crippen LogP contribution is -2.25. The molecule has 0 aromatic heterocycles. The molecule has 0 bridgehead atoms. The number of carbonyl (C=O) groups excluding carboxylic acids is 1. The molecule has 0 fully saturated rings. The Kier molecular flexibility index (Phi) is 4.98. The molecule has 14 heavy (non-hydrogen) atoms. The molecule has 0 aliphatic carbocycles. The molecule has 1 N–H and O–H groups in total. The molecule has 1 rings (SSSR count). The third-order valence-corrected chi connectivity index (χ3v) is 2.84. The van der Waals surface area contributed by atoms with E-state index in [4.69, 9.17) is 23.2 Å². The van der Waals surface area contributed by atoms with Crippen molar-refractivity contribution in [3.05, 3.63) is 33.8 Å². The lowest BCUT2D eigenvalue weighted by molar-refractivity contribution is 0.0956. The van der Waals surface area contributed by atoms with Gasteiger partial charge in [-0.1, -0.05) is 45.8 Å². The maximum absolute atomic E-state index is 11.5. The van der Waals surface area contributed by atoms with Crippen molar-refractivity contribution in [1.82, 2.24) is 5.32 Å². The van der Waals surface area contributed by atoms with Crippen LogP contribution in [0.1, 0.15) is 10.4 Å². The molecule has 0 spiro atoms. The Morgan fingerprint density at radius 1 is 1.36 bits per heavy atom. The van der Waals surface area contributed by atoms with Crippen LogP contribution in [0.25, 0.3) is 0 Å². The summed E-state index contributed by atoms with van der Waals surface area (Å²) in [6.07, 6.45) is 0. The number of hydrogen-bond donors (Lipinski definition) is 1. The summed E-state index contributed by atoms with van der Waals surface area (Å²) in [5.74, 6) is -0.125. The van der Waals surface area contributed by atoms with Crippen molar-refractivity contribution in [1.29, 1.82) is 0 Å². The zero-order chi connectivity index (χ0) is 10.6. The van der Waals surface area contributed by atoms with Gasteiger partial charge in [0.15, 0.2) is 0 Å². The molecule has 0 aliphatic rings. The Bertz CT molecular complexity index is 344. The van der Waals surface area contributed by atoms with Crippen molar-refractivity contribution in [3.63, 3.8) is 0 Å². The number of halogens is 3. The lowest BCUT2D eigenvalue weighted by Gasteiger charge is -2.03. The van der Waals surface area contributed by atoms with Gasteiger partial charge >= 0.3 is 0 Å². The number of rotatable bonds is 3. The molecule has 0 atom stereocenters. The van der Waals surface area contributed by atoms with Gasteiger partial charge < -0.3 is 5.32 Å². The molecule has 0 saturated carbocycles. The van der Waals surface area contributed by atoms with Gasteiger partial charge in [0.1, 0.15) is 0 Å². The van der Waals surface area contributed by atoms with Gasteiger partial charge in [-0.25, -0.2) is 0 Å². The van der Waals surface area contributed by atoms with Crippen molar-refractivity contribution in [2.24, 2.45) is 0 Å². The molecule has 1 amide bonds. The maximum atomic E-state index is 11.5. The largest absolute Gasteiger partial charge is 0.351 e. The highest BCUT2D eigenvalue weighted by Gasteiger charge is 2.06. The second-order valence-corrected chi connectivity index (χ2v) is 4.47. The molecule has 0 radical (unpaired) electrons. The first-order valence-corrected chi connectivity index (χ1v) is 6.22. The highest BCUT2D eigenvalue weighted by atomic mass is 127. The summed E-state index contributed by atoms with van der Waals surface area (Å²) in [7, 11) is 0. The Morgan fingerprint density at radius 3 is 2.64 bits per heavy atom. The predicted molar refractivity (Wildman–Crippen MR) is 67.7 cm³/mol. The van der Waals surface area contributed by atoms with Crippen LogP contribution in [0, 0.1) is 0 Å². The standard InChI is InChI=1S/C9H8Cl2INO/c10-7-2-1-6(5-8(7)11)9(14)13-4-3-12/h1-2,5H,3-4H2,(H,13,14). The van der Waals surface area contributed by atoms with Crippen LogP contribution >= 0.6 is 45.8 Å². The van der Waals surface area contributed by atoms with E-state index in [1.165, 1.54) is 0 Å². The van der Waals surface area contributed by atoms with Gasteiger partial charge in [0.05, 0.1) is 10.0 Å². The van der Waals surface area contributed by atoms with Crippen molar-refractivity contribution in [3.8, 4) is 0 Å². The quantitative estimate of drug-likeness (QED) is 0.663. The maximum Gasteiger partial charge on any atom is 0.251 e. The smallest absolute Gasteiger partial charge is 0.251 e. The number of nitrogens with one attached hydrogen (secondary N) is 1. The Balaban J connectivity index is 2.76. The summed E-state index contributed by atoms with van der Waals surface area (Å²) in [4.78, 5) is 11.5. The van der Waals surface area contributed by atoms with Crippen LogP contribution in [0.4, 0.5) is 0 Å². The molecule has 2 nitrogen and oxygen atoms in total. The zero-order valence-corrected chi connectivity index (χ0v) is 10.9. The van der Waals surface area contributed by atoms with Gasteiger partial charge in [0.25, 0.3) is 5.91 Å². The first-order chi connectivity index (χ1) is 6.65. The average molecular weight is 344 g/mol. The fourth-order valence-corrected chi connectivity index (χ4v) is 1.47. The number of alkyl halides is 1. The molecule has 1 aromatic rings. The van der Waals surface area contributed by atoms with E-state index in [-0.39, 0.29) is 5.91 Å². The van der Waals surface area contributed by atoms with Gasteiger partial charge in [0, 0.05) is 16.5 Å². The number of amides is 1. The molecule has 0 aliphatic heterocycles. The Morgan fingerprint density at radius 2 is 2.07 bits per heavy atom. The van der Waals surface area contributed by atoms with Crippen molar-refractivity contribution in [2.45, 2.75) is 0 Å². The van der Waals surface area contributed by atoms with Gasteiger partial charge in [-0.3, -0.25) is 4.79 Å². The topological polar surface area (TPSA) is 29.1 Å². The van der Waals surface area contributed by atoms with Crippen LogP contribution in [0.15, 0.2) is 18.2 Å². The van der Waals surface area contributed by atoms with E-state index in [9.17, 15) is 4.79 Å². The first kappa shape index (κ1) is 12.1. The number of carbonyl (C=O) groups is 1. The summed E-state index contributed by atoms with van der Waals surface area (Å²) < 4.78 is 0.880. The Hall–Kier alpha value is -0.000000000000000111. The van der Waals surface area contributed by atoms with Crippen LogP contribution in [0.2, 0.25) is 10.0 Å². The van der Waals surface area contributed by atoms with Crippen LogP contribution < -0.4 is 5.32 Å². The second kappa shape index (κ2) is 5.78. The molecule has 0 unspecified atom stereocenters. The number of benzene rings is 1. The second-order valence-electron chi connectivity index (χ2n) is 2.57. The fraction of sp³-hybridized carbons (Fsp3) is 0.222. The van der Waals surface area contributed by atoms with E-state index in [1.807, 2.05) is 0 Å². The highest BCUT2D eigenvalue weighted by Crippen LogP contribution is 2.22. The summed E-state index contributed by atoms with van der Waals surface area (Å²) in [5, 5.41) is 3.60. The minimum Gasteiger partial charge on any atom is -0.351 e. The molecule has 5 heteroatoms. The molecule has 76 valence electrons. The molecule has 1 aromatic carbocycles. The van der Waals surface area contributed by atoms with Gasteiger partial charge in [0.2, 0.25) is 0 Å². The summed E-state index contributed by atoms with van der Waals surface area (Å²) >= 11 is 13.7. The van der Waals surface area contributed by atoms with Crippen molar-refractivity contribution >= 4 is 51.7 Å². The molecule has 0 saturated heterocycles. The van der Waals surface area contributed by atoms with Gasteiger partial charge in [-0.15, -0.1) is 0 Å². The van der Waals surface area contributed by atoms with Crippen molar-refractivity contribution in [2.75, 3.05) is 11.0 Å². The fourth-order valence-electron chi connectivity index (χ4n) is 0.900. The minimum atomic E-state index is -0.125. The first-order valence-electron chi connectivity index (χ1n) is 3.94. The summed E-state index contributed by atoms with van der Waals surface area (Å²) in [6.45, 7) is 0.652. The normalized spacial score (nSPS) is 9.93. The lowest BCUT2D eigenvalue weighted by atomic mass is 10.2. The monoisotopic (exact) mass is 343 g/mol. The Labute approximate surface area is 106 Å². The summed E-state index contributed by atoms with van der Waals surface area (Å²) in [5.41, 5.74) is 0.532. The van der Waals surface area contributed by atoms with Crippen LogP contribution in [-0.4, -0.2) is 16.9 Å². The number of hydrogen-bond acceptors (Lipinski definition) is 1. The zero-order valence-electron chi connectivity index (χ0n) is 7.19. The van der Waals surface area contributed by atoms with E-state index >= 15 is 0 Å². The van der Waals surface area contributed by atoms with Gasteiger partial charge in [-0.05, 0) is 18.2 Å².